The average Bonchev–Trinajstić information content (AvgIpc) is 3.27. The number of amides is 3. The molecule has 0 unspecified atom stereocenters. The summed E-state index contributed by atoms with van der Waals surface area (Å²) >= 11 is 0. The molecule has 1 aliphatic carbocycles. The Hall–Kier alpha value is -3.91. The van der Waals surface area contributed by atoms with Crippen LogP contribution in [0.5, 0.6) is 0 Å². The van der Waals surface area contributed by atoms with Crippen molar-refractivity contribution >= 4 is 23.4 Å². The number of carbonyl (C=O) groups is 3. The van der Waals surface area contributed by atoms with Crippen LogP contribution in [0, 0.1) is 23.2 Å². The van der Waals surface area contributed by atoms with Crippen LogP contribution >= 0.6 is 0 Å². The van der Waals surface area contributed by atoms with Gasteiger partial charge in [-0.3, -0.25) is 14.4 Å². The molecular weight excluding hydrogens is 783 g/mol. The van der Waals surface area contributed by atoms with Gasteiger partial charge in [0.2, 0.25) is 17.7 Å². The Morgan fingerprint density at radius 3 is 1.67 bits per heavy atom. The standard InChI is InChI=1S/C47H67N3O11/c1-54-24-25-56-28-29-58-32-33-60-36-37-61-35-34-59-31-30-57-27-26-55-23-15-44(51)49-21-18-47(19-22-49)16-12-41(13-17-47)46(53)48-20-14-45(52)50-38-42-8-3-2-6-39(42)10-11-40-7-4-5-9-43(40)50/h2-9,41H,12-38H2,1H3,(H,48,53). The Bertz CT molecular complexity index is 1660. The van der Waals surface area contributed by atoms with Crippen LogP contribution in [0.15, 0.2) is 48.5 Å². The Kier molecular flexibility index (Phi) is 22.0. The number of hydrogen-bond donors (Lipinski definition) is 1. The Morgan fingerprint density at radius 2 is 1.10 bits per heavy atom. The van der Waals surface area contributed by atoms with Crippen molar-refractivity contribution in [2.24, 2.45) is 11.3 Å². The summed E-state index contributed by atoms with van der Waals surface area (Å²) in [7, 11) is 1.64. The molecule has 3 amide bonds. The van der Waals surface area contributed by atoms with Crippen LogP contribution in [0.4, 0.5) is 5.69 Å². The Balaban J connectivity index is 0.827. The second kappa shape index (κ2) is 27.9. The second-order valence-corrected chi connectivity index (χ2v) is 15.6. The zero-order valence-electron chi connectivity index (χ0n) is 36.2. The number of benzene rings is 2. The third-order valence-electron chi connectivity index (χ3n) is 11.5. The Morgan fingerprint density at radius 1 is 0.607 bits per heavy atom. The summed E-state index contributed by atoms with van der Waals surface area (Å²) in [5, 5.41) is 3.06. The number of nitrogens with one attached hydrogen (secondary N) is 1. The van der Waals surface area contributed by atoms with Crippen LogP contribution in [0.3, 0.4) is 0 Å². The second-order valence-electron chi connectivity index (χ2n) is 15.6. The highest BCUT2D eigenvalue weighted by molar-refractivity contribution is 5.95. The van der Waals surface area contributed by atoms with Gasteiger partial charge in [-0.25, -0.2) is 0 Å². The van der Waals surface area contributed by atoms with E-state index < -0.39 is 0 Å². The molecule has 1 N–H and O–H groups in total. The first-order chi connectivity index (χ1) is 30.0. The third-order valence-corrected chi connectivity index (χ3v) is 11.5. The van der Waals surface area contributed by atoms with E-state index in [0.717, 1.165) is 74.0 Å². The Labute approximate surface area is 362 Å². The van der Waals surface area contributed by atoms with E-state index in [1.54, 1.807) is 12.0 Å². The van der Waals surface area contributed by atoms with Crippen LogP contribution in [0.2, 0.25) is 0 Å². The minimum atomic E-state index is -0.0462. The molecule has 2 heterocycles. The highest BCUT2D eigenvalue weighted by Crippen LogP contribution is 2.46. The molecule has 14 heteroatoms. The average molecular weight is 850 g/mol. The summed E-state index contributed by atoms with van der Waals surface area (Å²) in [5.41, 5.74) is 3.74. The van der Waals surface area contributed by atoms with Gasteiger partial charge in [-0.2, -0.15) is 0 Å². The quantitative estimate of drug-likeness (QED) is 0.0963. The number of nitrogens with zero attached hydrogens (tertiary/aromatic N) is 2. The highest BCUT2D eigenvalue weighted by atomic mass is 16.6. The first-order valence-electron chi connectivity index (χ1n) is 22.1. The van der Waals surface area contributed by atoms with Crippen LogP contribution in [-0.4, -0.2) is 148 Å². The van der Waals surface area contributed by atoms with Crippen LogP contribution in [0.1, 0.15) is 68.1 Å². The van der Waals surface area contributed by atoms with E-state index >= 15 is 0 Å². The van der Waals surface area contributed by atoms with E-state index in [9.17, 15) is 14.4 Å². The van der Waals surface area contributed by atoms with Crippen LogP contribution < -0.4 is 10.2 Å². The topological polar surface area (TPSA) is 144 Å². The lowest BCUT2D eigenvalue weighted by Crippen LogP contribution is -2.46. The molecule has 1 spiro atoms. The number of para-hydroxylation sites is 1. The molecule has 0 atom stereocenters. The number of anilines is 1. The molecule has 0 bridgehead atoms. The number of fused-ring (bicyclic) bond motifs is 2. The van der Waals surface area contributed by atoms with E-state index in [0.29, 0.717) is 119 Å². The fourth-order valence-corrected chi connectivity index (χ4v) is 7.88. The van der Waals surface area contributed by atoms with Gasteiger partial charge >= 0.3 is 0 Å². The molecule has 14 nitrogen and oxygen atoms in total. The van der Waals surface area contributed by atoms with Crippen molar-refractivity contribution in [2.45, 2.75) is 57.9 Å². The molecular formula is C47H67N3O11. The fourth-order valence-electron chi connectivity index (χ4n) is 7.88. The van der Waals surface area contributed by atoms with Gasteiger partial charge in [-0.15, -0.1) is 0 Å². The van der Waals surface area contributed by atoms with Crippen LogP contribution in [-0.2, 0) is 58.8 Å². The third kappa shape index (κ3) is 17.1. The number of rotatable bonds is 28. The van der Waals surface area contributed by atoms with E-state index in [2.05, 4.69) is 17.2 Å². The van der Waals surface area contributed by atoms with Crippen molar-refractivity contribution < 1.29 is 52.3 Å². The van der Waals surface area contributed by atoms with Gasteiger partial charge in [0, 0.05) is 50.2 Å². The molecule has 2 aliphatic heterocycles. The number of carbonyl (C=O) groups excluding carboxylic acids is 3. The maximum absolute atomic E-state index is 13.6. The van der Waals surface area contributed by atoms with Crippen molar-refractivity contribution in [1.29, 1.82) is 0 Å². The molecule has 0 aromatic heterocycles. The normalized spacial score (nSPS) is 16.0. The van der Waals surface area contributed by atoms with Gasteiger partial charge in [0.1, 0.15) is 0 Å². The predicted octanol–water partition coefficient (Wildman–Crippen LogP) is 4.39. The summed E-state index contributed by atoms with van der Waals surface area (Å²) in [4.78, 5) is 43.4. The molecule has 61 heavy (non-hydrogen) atoms. The minimum absolute atomic E-state index is 0.0349. The summed E-state index contributed by atoms with van der Waals surface area (Å²) in [5.74, 6) is 6.56. The molecule has 2 aromatic carbocycles. The zero-order valence-corrected chi connectivity index (χ0v) is 36.2. The van der Waals surface area contributed by atoms with E-state index in [1.807, 2.05) is 53.4 Å². The maximum Gasteiger partial charge on any atom is 0.229 e. The largest absolute Gasteiger partial charge is 0.382 e. The van der Waals surface area contributed by atoms with Gasteiger partial charge in [0.15, 0.2) is 0 Å². The van der Waals surface area contributed by atoms with Crippen molar-refractivity contribution in [2.75, 3.05) is 131 Å². The molecule has 5 rings (SSSR count). The zero-order chi connectivity index (χ0) is 42.8. The lowest BCUT2D eigenvalue weighted by molar-refractivity contribution is -0.135. The van der Waals surface area contributed by atoms with Gasteiger partial charge in [-0.05, 0) is 67.7 Å². The molecule has 2 aromatic rings. The number of hydrogen-bond acceptors (Lipinski definition) is 11. The summed E-state index contributed by atoms with van der Waals surface area (Å²) in [6.07, 6.45) is 6.14. The molecule has 336 valence electrons. The smallest absolute Gasteiger partial charge is 0.229 e. The van der Waals surface area contributed by atoms with Gasteiger partial charge < -0.3 is 53.0 Å². The van der Waals surface area contributed by atoms with E-state index in [4.69, 9.17) is 37.9 Å². The monoisotopic (exact) mass is 849 g/mol. The van der Waals surface area contributed by atoms with Gasteiger partial charge in [0.25, 0.3) is 0 Å². The highest BCUT2D eigenvalue weighted by Gasteiger charge is 2.40. The van der Waals surface area contributed by atoms with Crippen LogP contribution in [0.25, 0.3) is 0 Å². The van der Waals surface area contributed by atoms with Gasteiger partial charge in [0.05, 0.1) is 118 Å². The van der Waals surface area contributed by atoms with Crippen molar-refractivity contribution in [3.63, 3.8) is 0 Å². The first-order valence-corrected chi connectivity index (χ1v) is 22.1. The molecule has 3 aliphatic rings. The first kappa shape index (κ1) is 48.1. The fraction of sp³-hybridized carbons (Fsp3) is 0.638. The number of likely N-dealkylation sites (tertiary alicyclic amines) is 1. The van der Waals surface area contributed by atoms with E-state index in [1.165, 1.54) is 0 Å². The summed E-state index contributed by atoms with van der Waals surface area (Å²) in [6, 6.07) is 15.6. The minimum Gasteiger partial charge on any atom is -0.382 e. The lowest BCUT2D eigenvalue weighted by atomic mass is 9.65. The molecule has 2 fully saturated rings. The summed E-state index contributed by atoms with van der Waals surface area (Å²) < 4.78 is 43.4. The SMILES string of the molecule is COCCOCCOCCOCCOCCOCCOCCOCCC(=O)N1CCC2(CCC(C(=O)NCCC(=O)N3Cc4ccccc4C#Cc4ccccc43)CC2)CC1. The summed E-state index contributed by atoms with van der Waals surface area (Å²) in [6.45, 7) is 9.65. The molecule has 1 saturated carbocycles. The number of ether oxygens (including phenoxy) is 8. The van der Waals surface area contributed by atoms with E-state index in [-0.39, 0.29) is 35.5 Å². The number of methoxy groups -OCH3 is 1. The van der Waals surface area contributed by atoms with Gasteiger partial charge in [-0.1, -0.05) is 42.2 Å². The lowest BCUT2D eigenvalue weighted by Gasteiger charge is -2.45. The van der Waals surface area contributed by atoms with Crippen molar-refractivity contribution in [3.05, 3.63) is 65.2 Å². The maximum atomic E-state index is 13.6. The van der Waals surface area contributed by atoms with Crippen molar-refractivity contribution in [1.82, 2.24) is 10.2 Å². The number of piperidine rings is 1. The predicted molar refractivity (Wildman–Crippen MR) is 230 cm³/mol. The van der Waals surface area contributed by atoms with Crippen molar-refractivity contribution in [3.8, 4) is 11.8 Å². The molecule has 1 saturated heterocycles. The molecule has 0 radical (unpaired) electrons.